The number of carbonyl (C=O) groups excluding carboxylic acids is 1. The lowest BCUT2D eigenvalue weighted by molar-refractivity contribution is -0.117. The zero-order valence-electron chi connectivity index (χ0n) is 13.4. The van der Waals surface area contributed by atoms with Crippen molar-refractivity contribution in [3.63, 3.8) is 0 Å². The van der Waals surface area contributed by atoms with Crippen molar-refractivity contribution in [3.8, 4) is 0 Å². The Morgan fingerprint density at radius 2 is 2.19 bits per heavy atom. The van der Waals surface area contributed by atoms with E-state index in [2.05, 4.69) is 23.2 Å². The molecule has 0 saturated heterocycles. The molecule has 0 radical (unpaired) electrons. The number of anilines is 1. The molecule has 1 saturated carbocycles. The first-order chi connectivity index (χ1) is 10.1. The number of carbonyl (C=O) groups is 1. The molecule has 1 aliphatic rings. The predicted molar refractivity (Wildman–Crippen MR) is 87.4 cm³/mol. The van der Waals surface area contributed by atoms with E-state index in [-0.39, 0.29) is 5.91 Å². The number of nitrogens with one attached hydrogen (secondary N) is 1. The van der Waals surface area contributed by atoms with Gasteiger partial charge < -0.3 is 11.1 Å². The van der Waals surface area contributed by atoms with E-state index < -0.39 is 0 Å². The molecule has 0 bridgehead atoms. The standard InChI is InChI=1S/C17H27N3O/c1-4-13-7-5-6-12(2)17(13)19-16(21)11-20(3)15(10-18)14-8-9-14/h5-7,14-15H,4,8-11,18H2,1-3H3,(H,19,21). The number of para-hydroxylation sites is 1. The van der Waals surface area contributed by atoms with Crippen LogP contribution in [-0.2, 0) is 11.2 Å². The maximum atomic E-state index is 12.3. The van der Waals surface area contributed by atoms with Crippen LogP contribution in [0.3, 0.4) is 0 Å². The summed E-state index contributed by atoms with van der Waals surface area (Å²) in [6.07, 6.45) is 3.40. The van der Waals surface area contributed by atoms with Crippen LogP contribution in [0.4, 0.5) is 5.69 Å². The molecule has 2 rings (SSSR count). The van der Waals surface area contributed by atoms with E-state index in [1.165, 1.54) is 18.4 Å². The topological polar surface area (TPSA) is 58.4 Å². The van der Waals surface area contributed by atoms with E-state index in [1.807, 2.05) is 26.1 Å². The average Bonchev–Trinajstić information content (AvgIpc) is 3.26. The van der Waals surface area contributed by atoms with Gasteiger partial charge in [-0.25, -0.2) is 0 Å². The quantitative estimate of drug-likeness (QED) is 0.809. The molecule has 116 valence electrons. The Kier molecular flexibility index (Phi) is 5.37. The van der Waals surface area contributed by atoms with E-state index in [0.29, 0.717) is 25.0 Å². The summed E-state index contributed by atoms with van der Waals surface area (Å²) in [5, 5.41) is 3.08. The second-order valence-electron chi connectivity index (χ2n) is 6.07. The Labute approximate surface area is 127 Å². The van der Waals surface area contributed by atoms with E-state index in [1.54, 1.807) is 0 Å². The summed E-state index contributed by atoms with van der Waals surface area (Å²) in [5.41, 5.74) is 9.10. The summed E-state index contributed by atoms with van der Waals surface area (Å²) in [5.74, 6) is 0.720. The van der Waals surface area contributed by atoms with Crippen LogP contribution >= 0.6 is 0 Å². The molecule has 0 aromatic heterocycles. The van der Waals surface area contributed by atoms with Crippen LogP contribution < -0.4 is 11.1 Å². The fourth-order valence-corrected chi connectivity index (χ4v) is 2.94. The number of hydrogen-bond acceptors (Lipinski definition) is 3. The summed E-state index contributed by atoms with van der Waals surface area (Å²) in [6.45, 7) is 5.16. The Morgan fingerprint density at radius 1 is 1.48 bits per heavy atom. The van der Waals surface area contributed by atoms with Crippen molar-refractivity contribution < 1.29 is 4.79 Å². The molecular formula is C17H27N3O. The minimum absolute atomic E-state index is 0.0422. The normalized spacial score (nSPS) is 16.0. The van der Waals surface area contributed by atoms with Gasteiger partial charge in [0.25, 0.3) is 0 Å². The largest absolute Gasteiger partial charge is 0.329 e. The molecule has 1 aromatic rings. The number of rotatable bonds is 7. The van der Waals surface area contributed by atoms with Crippen molar-refractivity contribution in [1.29, 1.82) is 0 Å². The number of benzene rings is 1. The van der Waals surface area contributed by atoms with Crippen LogP contribution in [0.25, 0.3) is 0 Å². The van der Waals surface area contributed by atoms with Crippen LogP contribution in [0.15, 0.2) is 18.2 Å². The van der Waals surface area contributed by atoms with E-state index >= 15 is 0 Å². The summed E-state index contributed by atoms with van der Waals surface area (Å²) < 4.78 is 0. The first kappa shape index (κ1) is 16.0. The van der Waals surface area contributed by atoms with Crippen molar-refractivity contribution in [2.45, 2.75) is 39.2 Å². The van der Waals surface area contributed by atoms with Crippen LogP contribution in [0.5, 0.6) is 0 Å². The first-order valence-electron chi connectivity index (χ1n) is 7.85. The minimum Gasteiger partial charge on any atom is -0.329 e. The summed E-state index contributed by atoms with van der Waals surface area (Å²) in [6, 6.07) is 6.47. The highest BCUT2D eigenvalue weighted by Crippen LogP contribution is 2.34. The highest BCUT2D eigenvalue weighted by atomic mass is 16.2. The monoisotopic (exact) mass is 289 g/mol. The minimum atomic E-state index is 0.0422. The summed E-state index contributed by atoms with van der Waals surface area (Å²) in [7, 11) is 1.99. The zero-order chi connectivity index (χ0) is 15.4. The molecule has 21 heavy (non-hydrogen) atoms. The second kappa shape index (κ2) is 7.05. The third-order valence-electron chi connectivity index (χ3n) is 4.37. The van der Waals surface area contributed by atoms with E-state index in [0.717, 1.165) is 17.7 Å². The molecule has 1 amide bonds. The fraction of sp³-hybridized carbons (Fsp3) is 0.588. The fourth-order valence-electron chi connectivity index (χ4n) is 2.94. The van der Waals surface area contributed by atoms with E-state index in [4.69, 9.17) is 5.73 Å². The van der Waals surface area contributed by atoms with Gasteiger partial charge in [-0.05, 0) is 50.3 Å². The molecule has 1 aromatic carbocycles. The van der Waals surface area contributed by atoms with Gasteiger partial charge in [0.2, 0.25) is 5.91 Å². The van der Waals surface area contributed by atoms with E-state index in [9.17, 15) is 4.79 Å². The highest BCUT2D eigenvalue weighted by molar-refractivity contribution is 5.93. The Hall–Kier alpha value is -1.39. The highest BCUT2D eigenvalue weighted by Gasteiger charge is 2.33. The third-order valence-corrected chi connectivity index (χ3v) is 4.37. The lowest BCUT2D eigenvalue weighted by Gasteiger charge is -2.26. The maximum Gasteiger partial charge on any atom is 0.238 e. The molecule has 1 aliphatic carbocycles. The van der Waals surface area contributed by atoms with Crippen LogP contribution in [0, 0.1) is 12.8 Å². The van der Waals surface area contributed by atoms with Crippen molar-refractivity contribution in [2.75, 3.05) is 25.5 Å². The predicted octanol–water partition coefficient (Wildman–Crippen LogP) is 2.17. The molecule has 1 fully saturated rings. The molecule has 0 heterocycles. The number of hydrogen-bond donors (Lipinski definition) is 2. The molecule has 0 aliphatic heterocycles. The second-order valence-corrected chi connectivity index (χ2v) is 6.07. The first-order valence-corrected chi connectivity index (χ1v) is 7.85. The number of likely N-dealkylation sites (N-methyl/N-ethyl adjacent to an activating group) is 1. The van der Waals surface area contributed by atoms with Crippen LogP contribution in [-0.4, -0.2) is 37.0 Å². The van der Waals surface area contributed by atoms with Crippen LogP contribution in [0.2, 0.25) is 0 Å². The van der Waals surface area contributed by atoms with Gasteiger partial charge in [-0.15, -0.1) is 0 Å². The smallest absolute Gasteiger partial charge is 0.238 e. The lowest BCUT2D eigenvalue weighted by atomic mass is 10.1. The molecule has 1 unspecified atom stereocenters. The van der Waals surface area contributed by atoms with Crippen molar-refractivity contribution in [3.05, 3.63) is 29.3 Å². The van der Waals surface area contributed by atoms with Gasteiger partial charge in [-0.1, -0.05) is 25.1 Å². The molecule has 0 spiro atoms. The van der Waals surface area contributed by atoms with Gasteiger partial charge in [0.05, 0.1) is 6.54 Å². The van der Waals surface area contributed by atoms with Gasteiger partial charge in [0.1, 0.15) is 0 Å². The van der Waals surface area contributed by atoms with Crippen molar-refractivity contribution in [1.82, 2.24) is 4.90 Å². The zero-order valence-corrected chi connectivity index (χ0v) is 13.4. The Balaban J connectivity index is 1.98. The number of aryl methyl sites for hydroxylation is 2. The lowest BCUT2D eigenvalue weighted by Crippen LogP contribution is -2.43. The van der Waals surface area contributed by atoms with Crippen molar-refractivity contribution >= 4 is 11.6 Å². The number of nitrogens with two attached hydrogens (primary N) is 1. The van der Waals surface area contributed by atoms with Gasteiger partial charge in [-0.3, -0.25) is 9.69 Å². The summed E-state index contributed by atoms with van der Waals surface area (Å²) >= 11 is 0. The van der Waals surface area contributed by atoms with Gasteiger partial charge in [0, 0.05) is 18.3 Å². The molecule has 1 atom stereocenters. The van der Waals surface area contributed by atoms with Crippen LogP contribution in [0.1, 0.15) is 30.9 Å². The molecule has 4 heteroatoms. The Morgan fingerprint density at radius 3 is 2.76 bits per heavy atom. The maximum absolute atomic E-state index is 12.3. The summed E-state index contributed by atoms with van der Waals surface area (Å²) in [4.78, 5) is 14.4. The Bertz CT molecular complexity index is 497. The molecular weight excluding hydrogens is 262 g/mol. The average molecular weight is 289 g/mol. The third kappa shape index (κ3) is 4.05. The van der Waals surface area contributed by atoms with Gasteiger partial charge >= 0.3 is 0 Å². The van der Waals surface area contributed by atoms with Crippen molar-refractivity contribution in [2.24, 2.45) is 11.7 Å². The molecule has 4 nitrogen and oxygen atoms in total. The van der Waals surface area contributed by atoms with Gasteiger partial charge in [-0.2, -0.15) is 0 Å². The van der Waals surface area contributed by atoms with Gasteiger partial charge in [0.15, 0.2) is 0 Å². The number of amides is 1. The SMILES string of the molecule is CCc1cccc(C)c1NC(=O)CN(C)C(CN)C1CC1. The number of nitrogens with zero attached hydrogens (tertiary/aromatic N) is 1. The molecule has 3 N–H and O–H groups in total.